The number of rotatable bonds is 7. The van der Waals surface area contributed by atoms with Crippen LogP contribution in [0.5, 0.6) is 0 Å². The zero-order chi connectivity index (χ0) is 12.1. The molecule has 0 aromatic heterocycles. The number of carbonyl (C=O) groups is 2. The van der Waals surface area contributed by atoms with Crippen molar-refractivity contribution < 1.29 is 141 Å². The molecule has 0 aliphatic rings. The van der Waals surface area contributed by atoms with E-state index < -0.39 is 18.4 Å². The van der Waals surface area contributed by atoms with Gasteiger partial charge in [-0.25, -0.2) is 0 Å². The van der Waals surface area contributed by atoms with Gasteiger partial charge in [0.2, 0.25) is 0 Å². The Morgan fingerprint density at radius 3 is 1.67 bits per heavy atom. The summed E-state index contributed by atoms with van der Waals surface area (Å²) in [5.74, 6) is -3.25. The standard InChI is InChI=1S/C8H17.C3H4O4.2K.Li/c1-3-5-7-8-6-4-2;4-2(5)1-3(6)7;;;/h5H,3-4,6-8H2,1-2H3;1H2,(H,4,5)(H,6,7);;;/q-1;;3*+1/p-2. The second-order valence-corrected chi connectivity index (χ2v) is 3.11. The third-order valence-electron chi connectivity index (χ3n) is 1.59. The molecule has 0 fully saturated rings. The summed E-state index contributed by atoms with van der Waals surface area (Å²) < 4.78 is 0. The van der Waals surface area contributed by atoms with Crippen molar-refractivity contribution in [3.63, 3.8) is 0 Å². The number of unbranched alkanes of at least 4 members (excludes halogenated alkanes) is 5. The fourth-order valence-corrected chi connectivity index (χ4v) is 0.861. The quantitative estimate of drug-likeness (QED) is 0.202. The van der Waals surface area contributed by atoms with Crippen LogP contribution in [0.25, 0.3) is 0 Å². The van der Waals surface area contributed by atoms with Gasteiger partial charge in [-0.1, -0.05) is 33.1 Å². The Hall–Kier alpha value is 2.81. The van der Waals surface area contributed by atoms with Crippen LogP contribution < -0.4 is 132 Å². The normalized spacial score (nSPS) is 7.44. The van der Waals surface area contributed by atoms with E-state index in [0.29, 0.717) is 0 Å². The average Bonchev–Trinajstić information content (AvgIpc) is 2.11. The van der Waals surface area contributed by atoms with Crippen molar-refractivity contribution in [2.75, 3.05) is 0 Å². The van der Waals surface area contributed by atoms with E-state index in [-0.39, 0.29) is 122 Å². The van der Waals surface area contributed by atoms with Crippen LogP contribution in [0.15, 0.2) is 0 Å². The van der Waals surface area contributed by atoms with E-state index in [0.717, 1.165) is 0 Å². The van der Waals surface area contributed by atoms with Crippen LogP contribution in [0, 0.1) is 6.42 Å². The number of aliphatic carboxylic acids is 2. The van der Waals surface area contributed by atoms with Gasteiger partial charge in [0.1, 0.15) is 0 Å². The Bertz CT molecular complexity index is 162. The first-order valence-corrected chi connectivity index (χ1v) is 5.25. The van der Waals surface area contributed by atoms with Gasteiger partial charge >= 0.3 is 122 Å². The molecule has 0 aromatic carbocycles. The van der Waals surface area contributed by atoms with E-state index in [1.54, 1.807) is 0 Å². The minimum atomic E-state index is -1.63. The predicted octanol–water partition coefficient (Wildman–Crippen LogP) is -8.93. The summed E-state index contributed by atoms with van der Waals surface area (Å²) in [5, 5.41) is 18.6. The maximum absolute atomic E-state index is 9.28. The van der Waals surface area contributed by atoms with Gasteiger partial charge in [-0.2, -0.15) is 12.8 Å². The van der Waals surface area contributed by atoms with Crippen LogP contribution in [-0.4, -0.2) is 11.9 Å². The van der Waals surface area contributed by atoms with Crippen LogP contribution in [-0.2, 0) is 9.59 Å². The maximum Gasteiger partial charge on any atom is 1.00 e. The molecule has 4 nitrogen and oxygen atoms in total. The first kappa shape index (κ1) is 32.7. The summed E-state index contributed by atoms with van der Waals surface area (Å²) in [4.78, 5) is 18.6. The molecule has 0 amide bonds. The minimum Gasteiger partial charge on any atom is -0.550 e. The Balaban J connectivity index is -0.0000000540. The van der Waals surface area contributed by atoms with E-state index in [2.05, 4.69) is 20.3 Å². The molecular weight excluding hydrogens is 281 g/mol. The second kappa shape index (κ2) is 28.0. The SMILES string of the molecule is CC[CH-]CCCCC.O=C([O-])CC(=O)[O-].[K+].[K+].[Li+]. The molecule has 0 aliphatic heterocycles. The Morgan fingerprint density at radius 2 is 1.44 bits per heavy atom. The van der Waals surface area contributed by atoms with Crippen LogP contribution in [0.3, 0.4) is 0 Å². The summed E-state index contributed by atoms with van der Waals surface area (Å²) in [6.07, 6.45) is 8.03. The third-order valence-corrected chi connectivity index (χ3v) is 1.59. The van der Waals surface area contributed by atoms with Gasteiger partial charge in [-0.3, -0.25) is 0 Å². The van der Waals surface area contributed by atoms with Gasteiger partial charge in [-0.15, -0.1) is 0 Å². The minimum absolute atomic E-state index is 0. The van der Waals surface area contributed by atoms with E-state index in [9.17, 15) is 19.8 Å². The first-order valence-electron chi connectivity index (χ1n) is 5.25. The van der Waals surface area contributed by atoms with Crippen LogP contribution in [0.2, 0.25) is 0 Å². The van der Waals surface area contributed by atoms with Gasteiger partial charge in [-0.05, 0) is 0 Å². The molecule has 0 N–H and O–H groups in total. The van der Waals surface area contributed by atoms with Crippen molar-refractivity contribution in [1.29, 1.82) is 0 Å². The first-order chi connectivity index (χ1) is 7.04. The van der Waals surface area contributed by atoms with Crippen molar-refractivity contribution in [1.82, 2.24) is 0 Å². The smallest absolute Gasteiger partial charge is 0.550 e. The van der Waals surface area contributed by atoms with Crippen molar-refractivity contribution in [3.05, 3.63) is 6.42 Å². The van der Waals surface area contributed by atoms with Crippen LogP contribution >= 0.6 is 0 Å². The molecule has 0 aromatic rings. The summed E-state index contributed by atoms with van der Waals surface area (Å²) in [6, 6.07) is 0. The molecule has 0 atom stereocenters. The molecule has 0 heterocycles. The van der Waals surface area contributed by atoms with E-state index in [1.807, 2.05) is 0 Å². The van der Waals surface area contributed by atoms with Crippen molar-refractivity contribution in [2.24, 2.45) is 0 Å². The van der Waals surface area contributed by atoms with Gasteiger partial charge in [0.05, 0.1) is 0 Å². The van der Waals surface area contributed by atoms with Crippen molar-refractivity contribution in [3.8, 4) is 0 Å². The van der Waals surface area contributed by atoms with E-state index in [4.69, 9.17) is 0 Å². The van der Waals surface area contributed by atoms with Gasteiger partial charge in [0, 0.05) is 18.4 Å². The van der Waals surface area contributed by atoms with Crippen molar-refractivity contribution >= 4 is 11.9 Å². The van der Waals surface area contributed by atoms with Crippen LogP contribution in [0.4, 0.5) is 0 Å². The largest absolute Gasteiger partial charge is 1.00 e. The molecule has 0 saturated heterocycles. The van der Waals surface area contributed by atoms with Gasteiger partial charge in [0.15, 0.2) is 0 Å². The number of carboxylic acids is 2. The monoisotopic (exact) mass is 300 g/mol. The molecule has 0 saturated carbocycles. The van der Waals surface area contributed by atoms with E-state index >= 15 is 0 Å². The molecular formula is C11H19K2LiO4. The molecule has 0 spiro atoms. The fraction of sp³-hybridized carbons (Fsp3) is 0.727. The fourth-order valence-electron chi connectivity index (χ4n) is 0.861. The molecule has 0 rings (SSSR count). The Kier molecular flexibility index (Phi) is 50.9. The zero-order valence-corrected chi connectivity index (χ0v) is 18.7. The summed E-state index contributed by atoms with van der Waals surface area (Å²) in [7, 11) is 0. The second-order valence-electron chi connectivity index (χ2n) is 3.11. The average molecular weight is 300 g/mol. The summed E-state index contributed by atoms with van der Waals surface area (Å²) in [5.41, 5.74) is 0. The Morgan fingerprint density at radius 1 is 1.00 bits per heavy atom. The maximum atomic E-state index is 9.28. The zero-order valence-electron chi connectivity index (χ0n) is 12.5. The molecule has 18 heavy (non-hydrogen) atoms. The predicted molar refractivity (Wildman–Crippen MR) is 53.4 cm³/mol. The van der Waals surface area contributed by atoms with Crippen LogP contribution in [0.1, 0.15) is 52.4 Å². The number of hydrogen-bond acceptors (Lipinski definition) is 4. The molecule has 0 aliphatic carbocycles. The van der Waals surface area contributed by atoms with Crippen molar-refractivity contribution in [2.45, 2.75) is 52.4 Å². The van der Waals surface area contributed by atoms with E-state index in [1.165, 1.54) is 32.1 Å². The summed E-state index contributed by atoms with van der Waals surface area (Å²) >= 11 is 0. The molecule has 7 heteroatoms. The van der Waals surface area contributed by atoms with Gasteiger partial charge < -0.3 is 26.2 Å². The third kappa shape index (κ3) is 42.8. The summed E-state index contributed by atoms with van der Waals surface area (Å²) in [6.45, 7) is 4.44. The topological polar surface area (TPSA) is 80.3 Å². The molecule has 0 unspecified atom stereocenters. The van der Waals surface area contributed by atoms with Gasteiger partial charge in [0.25, 0.3) is 0 Å². The Labute approximate surface area is 207 Å². The molecule has 0 bridgehead atoms. The number of carbonyl (C=O) groups excluding carboxylic acids is 2. The number of hydrogen-bond donors (Lipinski definition) is 0. The molecule has 90 valence electrons. The number of carboxylic acid groups (broad SMARTS) is 2. The molecule has 0 radical (unpaired) electrons.